The Hall–Kier alpha value is -1.20. The third-order valence-corrected chi connectivity index (χ3v) is 3.33. The number of halogens is 2. The van der Waals surface area contributed by atoms with Crippen molar-refractivity contribution in [2.45, 2.75) is 39.5 Å². The Kier molecular flexibility index (Phi) is 7.61. The lowest BCUT2D eigenvalue weighted by molar-refractivity contribution is -0.0498. The number of benzene rings is 1. The minimum absolute atomic E-state index is 0.194. The zero-order chi connectivity index (χ0) is 15.8. The molecule has 1 aromatic rings. The number of alkyl halides is 2. The van der Waals surface area contributed by atoms with Gasteiger partial charge in [0.25, 0.3) is 0 Å². The Morgan fingerprint density at radius 3 is 2.24 bits per heavy atom. The van der Waals surface area contributed by atoms with Crippen molar-refractivity contribution in [3.63, 3.8) is 0 Å². The van der Waals surface area contributed by atoms with Crippen LogP contribution in [-0.4, -0.2) is 38.2 Å². The molecule has 5 heteroatoms. The van der Waals surface area contributed by atoms with Gasteiger partial charge >= 0.3 is 6.61 Å². The number of nitrogens with one attached hydrogen (secondary N) is 1. The summed E-state index contributed by atoms with van der Waals surface area (Å²) in [5, 5.41) is 3.42. The standard InChI is InChI=1S/C16H26F2N2O/c1-12(2)9-14(20(3)4)11-19-10-13-5-7-15(8-6-13)21-16(17)18/h5-8,12,14,16,19H,9-11H2,1-4H3. The molecule has 0 saturated heterocycles. The van der Waals surface area contributed by atoms with Crippen LogP contribution in [0.25, 0.3) is 0 Å². The summed E-state index contributed by atoms with van der Waals surface area (Å²) in [5.74, 6) is 0.852. The first-order chi connectivity index (χ1) is 9.88. The van der Waals surface area contributed by atoms with Crippen LogP contribution in [0.2, 0.25) is 0 Å². The Morgan fingerprint density at radius 1 is 1.14 bits per heavy atom. The van der Waals surface area contributed by atoms with Crippen molar-refractivity contribution in [2.24, 2.45) is 5.92 Å². The molecule has 0 aliphatic heterocycles. The first kappa shape index (κ1) is 17.9. The summed E-state index contributed by atoms with van der Waals surface area (Å²) in [5.41, 5.74) is 1.05. The SMILES string of the molecule is CC(C)CC(CNCc1ccc(OC(F)F)cc1)N(C)C. The fourth-order valence-electron chi connectivity index (χ4n) is 2.19. The molecule has 1 atom stereocenters. The van der Waals surface area contributed by atoms with E-state index in [0.717, 1.165) is 25.1 Å². The number of rotatable bonds is 9. The van der Waals surface area contributed by atoms with Gasteiger partial charge < -0.3 is 15.0 Å². The number of hydrogen-bond donors (Lipinski definition) is 1. The van der Waals surface area contributed by atoms with Crippen LogP contribution < -0.4 is 10.1 Å². The van der Waals surface area contributed by atoms with Crippen LogP contribution in [0.15, 0.2) is 24.3 Å². The van der Waals surface area contributed by atoms with Gasteiger partial charge in [-0.3, -0.25) is 0 Å². The highest BCUT2D eigenvalue weighted by atomic mass is 19.3. The second kappa shape index (κ2) is 8.95. The summed E-state index contributed by atoms with van der Waals surface area (Å²) >= 11 is 0. The van der Waals surface area contributed by atoms with Crippen molar-refractivity contribution < 1.29 is 13.5 Å². The summed E-state index contributed by atoms with van der Waals surface area (Å²) in [6.07, 6.45) is 1.14. The van der Waals surface area contributed by atoms with Gasteiger partial charge in [-0.25, -0.2) is 0 Å². The summed E-state index contributed by atoms with van der Waals surface area (Å²) in [6, 6.07) is 7.24. The van der Waals surface area contributed by atoms with E-state index in [1.807, 2.05) is 0 Å². The maximum Gasteiger partial charge on any atom is 0.387 e. The maximum absolute atomic E-state index is 12.1. The lowest BCUT2D eigenvalue weighted by atomic mass is 10.0. The van der Waals surface area contributed by atoms with Crippen LogP contribution in [0.3, 0.4) is 0 Å². The molecule has 21 heavy (non-hydrogen) atoms. The van der Waals surface area contributed by atoms with E-state index in [9.17, 15) is 8.78 Å². The van der Waals surface area contributed by atoms with Crippen molar-refractivity contribution in [3.8, 4) is 5.75 Å². The first-order valence-corrected chi connectivity index (χ1v) is 7.29. The maximum atomic E-state index is 12.1. The molecule has 0 saturated carbocycles. The van der Waals surface area contributed by atoms with Crippen molar-refractivity contribution in [2.75, 3.05) is 20.6 Å². The third kappa shape index (κ3) is 7.39. The average molecular weight is 300 g/mol. The highest BCUT2D eigenvalue weighted by Gasteiger charge is 2.12. The van der Waals surface area contributed by atoms with Gasteiger partial charge in [-0.15, -0.1) is 0 Å². The molecule has 0 bridgehead atoms. The van der Waals surface area contributed by atoms with E-state index in [1.54, 1.807) is 24.3 Å². The quantitative estimate of drug-likeness (QED) is 0.757. The van der Waals surface area contributed by atoms with Gasteiger partial charge in [0.15, 0.2) is 0 Å². The highest BCUT2D eigenvalue weighted by molar-refractivity contribution is 5.27. The second-order valence-electron chi connectivity index (χ2n) is 5.90. The Bertz CT molecular complexity index is 394. The molecule has 0 aliphatic carbocycles. The summed E-state index contributed by atoms with van der Waals surface area (Å²) in [4.78, 5) is 2.23. The molecular weight excluding hydrogens is 274 g/mol. The third-order valence-electron chi connectivity index (χ3n) is 3.33. The molecule has 1 rings (SSSR count). The fraction of sp³-hybridized carbons (Fsp3) is 0.625. The molecule has 1 N–H and O–H groups in total. The molecule has 120 valence electrons. The smallest absolute Gasteiger partial charge is 0.387 e. The second-order valence-corrected chi connectivity index (χ2v) is 5.90. The van der Waals surface area contributed by atoms with E-state index in [4.69, 9.17) is 0 Å². The summed E-state index contributed by atoms with van der Waals surface area (Å²) in [7, 11) is 4.18. The van der Waals surface area contributed by atoms with Crippen molar-refractivity contribution in [3.05, 3.63) is 29.8 Å². The van der Waals surface area contributed by atoms with Crippen LogP contribution in [0.1, 0.15) is 25.8 Å². The van der Waals surface area contributed by atoms with Crippen molar-refractivity contribution in [1.29, 1.82) is 0 Å². The lowest BCUT2D eigenvalue weighted by Crippen LogP contribution is -2.38. The van der Waals surface area contributed by atoms with Gasteiger partial charge in [-0.1, -0.05) is 26.0 Å². The molecule has 0 amide bonds. The average Bonchev–Trinajstić information content (AvgIpc) is 2.38. The fourth-order valence-corrected chi connectivity index (χ4v) is 2.19. The molecule has 3 nitrogen and oxygen atoms in total. The zero-order valence-electron chi connectivity index (χ0n) is 13.3. The predicted molar refractivity (Wildman–Crippen MR) is 81.7 cm³/mol. The van der Waals surface area contributed by atoms with Crippen LogP contribution in [0, 0.1) is 5.92 Å². The van der Waals surface area contributed by atoms with E-state index in [1.165, 1.54) is 0 Å². The molecule has 1 aromatic carbocycles. The van der Waals surface area contributed by atoms with Gasteiger partial charge in [0, 0.05) is 19.1 Å². The van der Waals surface area contributed by atoms with Crippen LogP contribution in [0.4, 0.5) is 8.78 Å². The highest BCUT2D eigenvalue weighted by Crippen LogP contribution is 2.15. The Labute approximate surface area is 126 Å². The number of nitrogens with zero attached hydrogens (tertiary/aromatic N) is 1. The van der Waals surface area contributed by atoms with E-state index < -0.39 is 6.61 Å². The van der Waals surface area contributed by atoms with E-state index in [2.05, 4.69) is 42.9 Å². The number of hydrogen-bond acceptors (Lipinski definition) is 3. The van der Waals surface area contributed by atoms with Crippen molar-refractivity contribution in [1.82, 2.24) is 10.2 Å². The number of ether oxygens (including phenoxy) is 1. The largest absolute Gasteiger partial charge is 0.435 e. The molecule has 0 aliphatic rings. The molecule has 0 heterocycles. The topological polar surface area (TPSA) is 24.5 Å². The lowest BCUT2D eigenvalue weighted by Gasteiger charge is -2.26. The summed E-state index contributed by atoms with van der Waals surface area (Å²) in [6.45, 7) is 3.29. The zero-order valence-corrected chi connectivity index (χ0v) is 13.3. The molecular formula is C16H26F2N2O. The van der Waals surface area contributed by atoms with E-state index in [0.29, 0.717) is 12.0 Å². The predicted octanol–water partition coefficient (Wildman–Crippen LogP) is 3.35. The van der Waals surface area contributed by atoms with Crippen LogP contribution >= 0.6 is 0 Å². The minimum atomic E-state index is -2.77. The minimum Gasteiger partial charge on any atom is -0.435 e. The normalized spacial score (nSPS) is 13.2. The number of likely N-dealkylation sites (N-methyl/N-ethyl adjacent to an activating group) is 1. The van der Waals surface area contributed by atoms with Crippen molar-refractivity contribution >= 4 is 0 Å². The molecule has 0 fully saturated rings. The first-order valence-electron chi connectivity index (χ1n) is 7.29. The summed E-state index contributed by atoms with van der Waals surface area (Å²) < 4.78 is 28.4. The Balaban J connectivity index is 2.40. The van der Waals surface area contributed by atoms with Gasteiger partial charge in [-0.2, -0.15) is 8.78 Å². The van der Waals surface area contributed by atoms with E-state index in [-0.39, 0.29) is 5.75 Å². The van der Waals surface area contributed by atoms with Crippen LogP contribution in [-0.2, 0) is 6.54 Å². The monoisotopic (exact) mass is 300 g/mol. The van der Waals surface area contributed by atoms with Gasteiger partial charge in [0.05, 0.1) is 0 Å². The molecule has 0 spiro atoms. The van der Waals surface area contributed by atoms with Gasteiger partial charge in [-0.05, 0) is 44.1 Å². The van der Waals surface area contributed by atoms with Gasteiger partial charge in [0.1, 0.15) is 5.75 Å². The van der Waals surface area contributed by atoms with E-state index >= 15 is 0 Å². The Morgan fingerprint density at radius 2 is 1.76 bits per heavy atom. The molecule has 0 aromatic heterocycles. The van der Waals surface area contributed by atoms with Crippen LogP contribution in [0.5, 0.6) is 5.75 Å². The van der Waals surface area contributed by atoms with Gasteiger partial charge in [0.2, 0.25) is 0 Å². The molecule has 1 unspecified atom stereocenters. The molecule has 0 radical (unpaired) electrons.